The van der Waals surface area contributed by atoms with Gasteiger partial charge in [-0.1, -0.05) is 78.4 Å². The van der Waals surface area contributed by atoms with E-state index in [-0.39, 0.29) is 5.56 Å². The summed E-state index contributed by atoms with van der Waals surface area (Å²) < 4.78 is 3.96. The molecule has 2 heterocycles. The predicted molar refractivity (Wildman–Crippen MR) is 148 cm³/mol. The Hall–Kier alpha value is -4.70. The summed E-state index contributed by atoms with van der Waals surface area (Å²) in [6.07, 6.45) is 6.18. The number of fused-ring (bicyclic) bond motifs is 2. The maximum Gasteiger partial charge on any atom is 0.266 e. The van der Waals surface area contributed by atoms with Crippen LogP contribution in [0.4, 0.5) is 0 Å². The molecule has 6 aromatic rings. The van der Waals surface area contributed by atoms with Crippen LogP contribution in [0.15, 0.2) is 114 Å². The first-order valence-electron chi connectivity index (χ1n) is 12.1. The van der Waals surface area contributed by atoms with Gasteiger partial charge in [-0.25, -0.2) is 4.98 Å². The van der Waals surface area contributed by atoms with E-state index < -0.39 is 0 Å². The van der Waals surface area contributed by atoms with Gasteiger partial charge in [-0.15, -0.1) is 0 Å². The Kier molecular flexibility index (Phi) is 5.55. The molecule has 36 heavy (non-hydrogen) atoms. The minimum atomic E-state index is -0.0735. The maximum absolute atomic E-state index is 13.6. The van der Waals surface area contributed by atoms with Gasteiger partial charge in [0.2, 0.25) is 0 Å². The van der Waals surface area contributed by atoms with Crippen molar-refractivity contribution in [1.29, 1.82) is 0 Å². The summed E-state index contributed by atoms with van der Waals surface area (Å²) in [6, 6.07) is 34.3. The molecule has 4 nitrogen and oxygen atoms in total. The minimum absolute atomic E-state index is 0.0735. The molecular weight excluding hydrogens is 442 g/mol. The van der Waals surface area contributed by atoms with Crippen molar-refractivity contribution in [3.05, 3.63) is 142 Å². The lowest BCUT2D eigenvalue weighted by Crippen LogP contribution is -2.22. The van der Waals surface area contributed by atoms with Crippen LogP contribution < -0.4 is 5.56 Å². The first-order valence-corrected chi connectivity index (χ1v) is 12.1. The lowest BCUT2D eigenvalue weighted by molar-refractivity contribution is 0.836. The van der Waals surface area contributed by atoms with Crippen molar-refractivity contribution < 1.29 is 0 Å². The summed E-state index contributed by atoms with van der Waals surface area (Å²) in [6.45, 7) is 2.83. The molecule has 0 fully saturated rings. The molecule has 0 aliphatic rings. The fourth-order valence-corrected chi connectivity index (χ4v) is 4.69. The van der Waals surface area contributed by atoms with Crippen LogP contribution in [0.3, 0.4) is 0 Å². The number of nitrogens with zero attached hydrogens (tertiary/aromatic N) is 3. The molecule has 0 spiro atoms. The molecule has 0 saturated carbocycles. The number of hydrogen-bond acceptors (Lipinski definition) is 2. The number of hydrogen-bond donors (Lipinski definition) is 0. The molecule has 6 rings (SSSR count). The van der Waals surface area contributed by atoms with Gasteiger partial charge in [0.25, 0.3) is 5.56 Å². The fraction of sp³-hybridized carbons (Fsp3) is 0.0625. The van der Waals surface area contributed by atoms with Gasteiger partial charge in [0, 0.05) is 29.2 Å². The molecule has 0 amide bonds. The molecule has 0 bridgehead atoms. The van der Waals surface area contributed by atoms with Crippen LogP contribution in [0, 0.1) is 6.92 Å². The molecule has 0 aliphatic carbocycles. The van der Waals surface area contributed by atoms with Gasteiger partial charge in [0.15, 0.2) is 0 Å². The highest BCUT2D eigenvalue weighted by molar-refractivity contribution is 5.92. The lowest BCUT2D eigenvalue weighted by atomic mass is 10.1. The topological polar surface area (TPSA) is 39.8 Å². The number of benzene rings is 4. The van der Waals surface area contributed by atoms with Crippen LogP contribution in [0.2, 0.25) is 0 Å². The van der Waals surface area contributed by atoms with Crippen molar-refractivity contribution in [2.75, 3.05) is 0 Å². The van der Waals surface area contributed by atoms with Crippen molar-refractivity contribution in [2.24, 2.45) is 0 Å². The third-order valence-corrected chi connectivity index (χ3v) is 6.52. The zero-order valence-corrected chi connectivity index (χ0v) is 20.0. The molecule has 0 N–H and O–H groups in total. The van der Waals surface area contributed by atoms with E-state index in [1.54, 1.807) is 4.57 Å². The van der Waals surface area contributed by atoms with Gasteiger partial charge in [-0.05, 0) is 55.0 Å². The van der Waals surface area contributed by atoms with Gasteiger partial charge < -0.3 is 4.57 Å². The van der Waals surface area contributed by atoms with Crippen LogP contribution in [-0.2, 0) is 6.54 Å². The Labute approximate surface area is 209 Å². The Balaban J connectivity index is 1.49. The van der Waals surface area contributed by atoms with Gasteiger partial charge in [0.1, 0.15) is 5.82 Å². The van der Waals surface area contributed by atoms with Gasteiger partial charge in [-0.3, -0.25) is 9.36 Å². The van der Waals surface area contributed by atoms with Crippen molar-refractivity contribution in [1.82, 2.24) is 14.1 Å². The van der Waals surface area contributed by atoms with Crippen LogP contribution >= 0.6 is 0 Å². The number of aryl methyl sites for hydroxylation is 1. The van der Waals surface area contributed by atoms with E-state index in [4.69, 9.17) is 4.98 Å². The van der Waals surface area contributed by atoms with E-state index >= 15 is 0 Å². The summed E-state index contributed by atoms with van der Waals surface area (Å²) in [7, 11) is 0. The van der Waals surface area contributed by atoms with Gasteiger partial charge in [0.05, 0.1) is 16.6 Å². The first kappa shape index (κ1) is 21.8. The van der Waals surface area contributed by atoms with E-state index in [1.165, 1.54) is 11.1 Å². The van der Waals surface area contributed by atoms with Crippen molar-refractivity contribution in [3.63, 3.8) is 0 Å². The summed E-state index contributed by atoms with van der Waals surface area (Å²) in [5.41, 5.74) is 6.06. The van der Waals surface area contributed by atoms with E-state index in [0.29, 0.717) is 16.7 Å². The SMILES string of the molecule is Cc1ccc(-n2c(/C=C/c3cn(Cc4ccccc4)c4ccccc34)nc3ccccc3c2=O)cc1. The molecule has 4 aromatic carbocycles. The molecule has 0 saturated heterocycles. The third kappa shape index (κ3) is 4.03. The number of para-hydroxylation sites is 2. The second kappa shape index (κ2) is 9.16. The first-order chi connectivity index (χ1) is 17.7. The summed E-state index contributed by atoms with van der Waals surface area (Å²) in [5.74, 6) is 0.599. The quantitative estimate of drug-likeness (QED) is 0.278. The molecule has 0 radical (unpaired) electrons. The molecule has 0 atom stereocenters. The van der Waals surface area contributed by atoms with E-state index in [0.717, 1.165) is 28.7 Å². The molecular formula is C32H25N3O. The van der Waals surface area contributed by atoms with Crippen molar-refractivity contribution in [3.8, 4) is 5.69 Å². The molecule has 0 unspecified atom stereocenters. The number of aromatic nitrogens is 3. The smallest absolute Gasteiger partial charge is 0.266 e. The monoisotopic (exact) mass is 467 g/mol. The molecule has 2 aromatic heterocycles. The molecule has 174 valence electrons. The van der Waals surface area contributed by atoms with Gasteiger partial charge >= 0.3 is 0 Å². The zero-order chi connectivity index (χ0) is 24.5. The average molecular weight is 468 g/mol. The normalized spacial score (nSPS) is 11.6. The highest BCUT2D eigenvalue weighted by Gasteiger charge is 2.12. The van der Waals surface area contributed by atoms with Crippen molar-refractivity contribution >= 4 is 34.0 Å². The van der Waals surface area contributed by atoms with E-state index in [9.17, 15) is 4.79 Å². The van der Waals surface area contributed by atoms with E-state index in [2.05, 4.69) is 65.4 Å². The second-order valence-corrected chi connectivity index (χ2v) is 9.01. The Morgan fingerprint density at radius 2 is 1.44 bits per heavy atom. The zero-order valence-electron chi connectivity index (χ0n) is 20.0. The second-order valence-electron chi connectivity index (χ2n) is 9.01. The minimum Gasteiger partial charge on any atom is -0.342 e. The highest BCUT2D eigenvalue weighted by Crippen LogP contribution is 2.25. The largest absolute Gasteiger partial charge is 0.342 e. The lowest BCUT2D eigenvalue weighted by Gasteiger charge is -2.11. The summed E-state index contributed by atoms with van der Waals surface area (Å²) >= 11 is 0. The molecule has 0 aliphatic heterocycles. The molecule has 4 heteroatoms. The van der Waals surface area contributed by atoms with Crippen LogP contribution in [-0.4, -0.2) is 14.1 Å². The van der Waals surface area contributed by atoms with Crippen LogP contribution in [0.25, 0.3) is 39.6 Å². The van der Waals surface area contributed by atoms with Crippen LogP contribution in [0.1, 0.15) is 22.5 Å². The Morgan fingerprint density at radius 3 is 2.25 bits per heavy atom. The highest BCUT2D eigenvalue weighted by atomic mass is 16.1. The van der Waals surface area contributed by atoms with Gasteiger partial charge in [-0.2, -0.15) is 0 Å². The van der Waals surface area contributed by atoms with Crippen LogP contribution in [0.5, 0.6) is 0 Å². The summed E-state index contributed by atoms with van der Waals surface area (Å²) in [5, 5.41) is 1.77. The third-order valence-electron chi connectivity index (χ3n) is 6.52. The predicted octanol–water partition coefficient (Wildman–Crippen LogP) is 6.87. The fourth-order valence-electron chi connectivity index (χ4n) is 4.69. The number of rotatable bonds is 5. The van der Waals surface area contributed by atoms with Crippen molar-refractivity contribution in [2.45, 2.75) is 13.5 Å². The average Bonchev–Trinajstić information content (AvgIpc) is 3.26. The Bertz CT molecular complexity index is 1770. The maximum atomic E-state index is 13.6. The standard InChI is InChI=1S/C32H25N3O/c1-23-15-18-26(19-16-23)35-31(33-29-13-7-5-12-28(29)32(35)36)20-17-25-22-34(21-24-9-3-2-4-10-24)30-14-8-6-11-27(25)30/h2-20,22H,21H2,1H3/b20-17+. The van der Waals surface area contributed by atoms with E-state index in [1.807, 2.05) is 67.6 Å². The Morgan fingerprint density at radius 1 is 0.750 bits per heavy atom. The summed E-state index contributed by atoms with van der Waals surface area (Å²) in [4.78, 5) is 18.4.